The molecule has 0 aromatic carbocycles. The fourth-order valence-corrected chi connectivity index (χ4v) is 1.16. The third-order valence-corrected chi connectivity index (χ3v) is 2.23. The molecule has 10 heavy (non-hydrogen) atoms. The summed E-state index contributed by atoms with van der Waals surface area (Å²) in [6, 6.07) is 0.943. The van der Waals surface area contributed by atoms with Crippen LogP contribution < -0.4 is 0 Å². The Morgan fingerprint density at radius 3 is 2.40 bits per heavy atom. The third-order valence-electron chi connectivity index (χ3n) is 2.23. The van der Waals surface area contributed by atoms with E-state index in [1.54, 1.807) is 0 Å². The summed E-state index contributed by atoms with van der Waals surface area (Å²) in [6.45, 7) is 5.88. The Hall–Kier alpha value is -0.0400. The van der Waals surface area contributed by atoms with Gasteiger partial charge >= 0.3 is 0 Å². The van der Waals surface area contributed by atoms with Gasteiger partial charge in [-0.05, 0) is 38.8 Å². The molecule has 0 aliphatic heterocycles. The highest BCUT2D eigenvalue weighted by Crippen LogP contribution is 2.25. The second-order valence-electron chi connectivity index (χ2n) is 3.89. The van der Waals surface area contributed by atoms with Crippen LogP contribution in [0.2, 0.25) is 0 Å². The molecule has 1 fully saturated rings. The van der Waals surface area contributed by atoms with E-state index in [2.05, 4.69) is 25.8 Å². The second-order valence-corrected chi connectivity index (χ2v) is 3.89. The molecular formula is C9H19N. The van der Waals surface area contributed by atoms with E-state index in [1.165, 1.54) is 25.8 Å². The first-order chi connectivity index (χ1) is 4.70. The van der Waals surface area contributed by atoms with Crippen molar-refractivity contribution < 1.29 is 0 Å². The van der Waals surface area contributed by atoms with Crippen LogP contribution in [0.5, 0.6) is 0 Å². The van der Waals surface area contributed by atoms with Crippen LogP contribution in [0.1, 0.15) is 33.1 Å². The number of nitrogens with zero attached hydrogens (tertiary/aromatic N) is 1. The van der Waals surface area contributed by atoms with Gasteiger partial charge in [0.05, 0.1) is 0 Å². The van der Waals surface area contributed by atoms with E-state index in [9.17, 15) is 0 Å². The average Bonchev–Trinajstić information content (AvgIpc) is 2.63. The molecule has 1 nitrogen and oxygen atoms in total. The molecule has 0 radical (unpaired) electrons. The Morgan fingerprint density at radius 2 is 2.00 bits per heavy atom. The summed E-state index contributed by atoms with van der Waals surface area (Å²) in [7, 11) is 2.25. The molecule has 0 atom stereocenters. The van der Waals surface area contributed by atoms with Crippen LogP contribution in [0.4, 0.5) is 0 Å². The zero-order valence-corrected chi connectivity index (χ0v) is 7.43. The SMILES string of the molecule is CC(C)CCN(C)C1CC1. The van der Waals surface area contributed by atoms with Crippen LogP contribution in [0.3, 0.4) is 0 Å². The minimum absolute atomic E-state index is 0.862. The van der Waals surface area contributed by atoms with Crippen LogP contribution in [-0.4, -0.2) is 24.5 Å². The van der Waals surface area contributed by atoms with Gasteiger partial charge in [0.25, 0.3) is 0 Å². The van der Waals surface area contributed by atoms with Crippen LogP contribution in [-0.2, 0) is 0 Å². The van der Waals surface area contributed by atoms with Gasteiger partial charge in [-0.25, -0.2) is 0 Å². The van der Waals surface area contributed by atoms with Gasteiger partial charge in [0.2, 0.25) is 0 Å². The topological polar surface area (TPSA) is 3.24 Å². The smallest absolute Gasteiger partial charge is 0.00933 e. The summed E-state index contributed by atoms with van der Waals surface area (Å²) < 4.78 is 0. The lowest BCUT2D eigenvalue weighted by molar-refractivity contribution is 0.301. The largest absolute Gasteiger partial charge is 0.303 e. The average molecular weight is 141 g/mol. The molecule has 1 aliphatic rings. The van der Waals surface area contributed by atoms with Crippen molar-refractivity contribution in [3.8, 4) is 0 Å². The van der Waals surface area contributed by atoms with E-state index < -0.39 is 0 Å². The first-order valence-electron chi connectivity index (χ1n) is 4.40. The molecule has 0 spiro atoms. The molecule has 0 amide bonds. The Morgan fingerprint density at radius 1 is 1.40 bits per heavy atom. The van der Waals surface area contributed by atoms with Gasteiger partial charge in [0.1, 0.15) is 0 Å². The van der Waals surface area contributed by atoms with E-state index >= 15 is 0 Å². The molecule has 1 saturated carbocycles. The van der Waals surface area contributed by atoms with Crippen LogP contribution in [0.15, 0.2) is 0 Å². The third kappa shape index (κ3) is 2.70. The zero-order chi connectivity index (χ0) is 7.56. The molecule has 0 aromatic rings. The number of hydrogen-bond acceptors (Lipinski definition) is 1. The molecule has 60 valence electrons. The van der Waals surface area contributed by atoms with E-state index in [0.717, 1.165) is 12.0 Å². The van der Waals surface area contributed by atoms with Gasteiger partial charge in [0.15, 0.2) is 0 Å². The van der Waals surface area contributed by atoms with E-state index in [4.69, 9.17) is 0 Å². The maximum atomic E-state index is 2.50. The summed E-state index contributed by atoms with van der Waals surface area (Å²) in [6.07, 6.45) is 4.23. The van der Waals surface area contributed by atoms with Gasteiger partial charge in [-0.2, -0.15) is 0 Å². The van der Waals surface area contributed by atoms with Crippen LogP contribution >= 0.6 is 0 Å². The molecular weight excluding hydrogens is 122 g/mol. The molecule has 1 heteroatoms. The normalized spacial score (nSPS) is 18.9. The fraction of sp³-hybridized carbons (Fsp3) is 1.00. The predicted octanol–water partition coefficient (Wildman–Crippen LogP) is 2.13. The van der Waals surface area contributed by atoms with Crippen molar-refractivity contribution in [2.75, 3.05) is 13.6 Å². The molecule has 0 aromatic heterocycles. The van der Waals surface area contributed by atoms with Gasteiger partial charge in [0, 0.05) is 6.04 Å². The Bertz CT molecular complexity index is 94.9. The van der Waals surface area contributed by atoms with Gasteiger partial charge in [-0.1, -0.05) is 13.8 Å². The summed E-state index contributed by atoms with van der Waals surface area (Å²) in [5.74, 6) is 0.862. The number of rotatable bonds is 4. The summed E-state index contributed by atoms with van der Waals surface area (Å²) in [5, 5.41) is 0. The van der Waals surface area contributed by atoms with Crippen LogP contribution in [0, 0.1) is 5.92 Å². The standard InChI is InChI=1S/C9H19N/c1-8(2)6-7-10(3)9-4-5-9/h8-9H,4-7H2,1-3H3. The molecule has 1 rings (SSSR count). The fourth-order valence-electron chi connectivity index (χ4n) is 1.16. The lowest BCUT2D eigenvalue weighted by atomic mass is 10.1. The highest BCUT2D eigenvalue weighted by molar-refractivity contribution is 4.82. The molecule has 0 saturated heterocycles. The minimum atomic E-state index is 0.862. The maximum Gasteiger partial charge on any atom is 0.00933 e. The Kier molecular flexibility index (Phi) is 2.72. The van der Waals surface area contributed by atoms with Gasteiger partial charge < -0.3 is 4.90 Å². The van der Waals surface area contributed by atoms with Gasteiger partial charge in [-0.3, -0.25) is 0 Å². The lowest BCUT2D eigenvalue weighted by Gasteiger charge is -2.16. The monoisotopic (exact) mass is 141 g/mol. The van der Waals surface area contributed by atoms with Crippen molar-refractivity contribution in [1.29, 1.82) is 0 Å². The van der Waals surface area contributed by atoms with E-state index in [0.29, 0.717) is 0 Å². The Balaban J connectivity index is 2.00. The molecule has 0 bridgehead atoms. The predicted molar refractivity (Wildman–Crippen MR) is 45.1 cm³/mol. The second kappa shape index (κ2) is 3.38. The first-order valence-corrected chi connectivity index (χ1v) is 4.40. The molecule has 0 heterocycles. The summed E-state index contributed by atoms with van der Waals surface area (Å²) in [5.41, 5.74) is 0. The quantitative estimate of drug-likeness (QED) is 0.579. The highest BCUT2D eigenvalue weighted by Gasteiger charge is 2.25. The van der Waals surface area contributed by atoms with Crippen molar-refractivity contribution >= 4 is 0 Å². The van der Waals surface area contributed by atoms with Crippen molar-refractivity contribution in [2.24, 2.45) is 5.92 Å². The molecule has 1 aliphatic carbocycles. The van der Waals surface area contributed by atoms with Gasteiger partial charge in [-0.15, -0.1) is 0 Å². The summed E-state index contributed by atoms with van der Waals surface area (Å²) in [4.78, 5) is 2.50. The molecule has 0 unspecified atom stereocenters. The zero-order valence-electron chi connectivity index (χ0n) is 7.43. The van der Waals surface area contributed by atoms with Crippen molar-refractivity contribution in [3.63, 3.8) is 0 Å². The number of hydrogen-bond donors (Lipinski definition) is 0. The van der Waals surface area contributed by atoms with E-state index in [-0.39, 0.29) is 0 Å². The lowest BCUT2D eigenvalue weighted by Crippen LogP contribution is -2.22. The van der Waals surface area contributed by atoms with Crippen molar-refractivity contribution in [1.82, 2.24) is 4.90 Å². The van der Waals surface area contributed by atoms with E-state index in [1.807, 2.05) is 0 Å². The summed E-state index contributed by atoms with van der Waals surface area (Å²) >= 11 is 0. The highest BCUT2D eigenvalue weighted by atomic mass is 15.1. The van der Waals surface area contributed by atoms with Crippen molar-refractivity contribution in [3.05, 3.63) is 0 Å². The Labute approximate surface area is 64.4 Å². The first kappa shape index (κ1) is 8.06. The minimum Gasteiger partial charge on any atom is -0.303 e. The van der Waals surface area contributed by atoms with Crippen LogP contribution in [0.25, 0.3) is 0 Å². The van der Waals surface area contributed by atoms with Crippen molar-refractivity contribution in [2.45, 2.75) is 39.2 Å². The molecule has 0 N–H and O–H groups in total. The maximum absolute atomic E-state index is 2.50.